The fourth-order valence-electron chi connectivity index (χ4n) is 2.96. The Morgan fingerprint density at radius 3 is 2.41 bits per heavy atom. The van der Waals surface area contributed by atoms with Gasteiger partial charge in [0.1, 0.15) is 6.04 Å². The van der Waals surface area contributed by atoms with E-state index in [9.17, 15) is 19.2 Å². The Hall–Kier alpha value is -3.53. The first-order valence-electron chi connectivity index (χ1n) is 10.1. The number of hydrogen-bond donors (Lipinski definition) is 4. The van der Waals surface area contributed by atoms with Crippen LogP contribution in [0, 0.1) is 12.3 Å². The average molecular weight is 445 g/mol. The summed E-state index contributed by atoms with van der Waals surface area (Å²) in [6.07, 6.45) is 2.75. The van der Waals surface area contributed by atoms with E-state index in [1.54, 1.807) is 19.0 Å². The summed E-state index contributed by atoms with van der Waals surface area (Å²) in [5.41, 5.74) is 7.78. The molecule has 0 saturated carbocycles. The second kappa shape index (κ2) is 13.0. The van der Waals surface area contributed by atoms with Crippen molar-refractivity contribution in [3.05, 3.63) is 36.0 Å². The minimum absolute atomic E-state index is 0.0148. The van der Waals surface area contributed by atoms with Gasteiger partial charge in [0.05, 0.1) is 19.3 Å². The molecule has 10 heteroatoms. The van der Waals surface area contributed by atoms with E-state index in [-0.39, 0.29) is 31.8 Å². The van der Waals surface area contributed by atoms with Gasteiger partial charge in [-0.25, -0.2) is 0 Å². The molecule has 3 amide bonds. The first-order valence-corrected chi connectivity index (χ1v) is 10.1. The summed E-state index contributed by atoms with van der Waals surface area (Å²) < 4.78 is 2.16. The highest BCUT2D eigenvalue weighted by Gasteiger charge is 2.19. The number of likely N-dealkylation sites (N-methyl/N-ethyl adjacent to an activating group) is 1. The van der Waals surface area contributed by atoms with Crippen molar-refractivity contribution in [3.8, 4) is 0 Å². The zero-order valence-corrected chi connectivity index (χ0v) is 19.0. The third-order valence-corrected chi connectivity index (χ3v) is 4.52. The fourth-order valence-corrected chi connectivity index (χ4v) is 2.96. The van der Waals surface area contributed by atoms with Gasteiger partial charge in [-0.15, -0.1) is 0 Å². The smallest absolute Gasteiger partial charge is 0.240 e. The molecule has 10 nitrogen and oxygen atoms in total. The Morgan fingerprint density at radius 1 is 1.19 bits per heavy atom. The molecule has 0 aliphatic rings. The Balaban J connectivity index is 0.000000382. The van der Waals surface area contributed by atoms with Gasteiger partial charge in [-0.05, 0) is 39.1 Å². The van der Waals surface area contributed by atoms with Crippen molar-refractivity contribution in [1.29, 1.82) is 5.41 Å². The van der Waals surface area contributed by atoms with Crippen molar-refractivity contribution < 1.29 is 19.2 Å². The number of para-hydroxylation sites is 1. The molecule has 2 aromatic rings. The largest absolute Gasteiger partial charge is 0.368 e. The van der Waals surface area contributed by atoms with Gasteiger partial charge < -0.3 is 31.2 Å². The van der Waals surface area contributed by atoms with E-state index in [1.807, 2.05) is 0 Å². The standard InChI is InChI=1S/C12H21N5O4.C10H11N/c1-17(2)7-11(20)15-6-10(19)16-9(12(14)21)4-3-8(18)5-13;1-8-7-11(2)10-6-4-3-5-9(8)10/h5,9,13H,3-4,6-7H2,1-2H3,(H2,14,21)(H,15,20)(H,16,19);3-7H,1-2H3. The van der Waals surface area contributed by atoms with E-state index >= 15 is 0 Å². The lowest BCUT2D eigenvalue weighted by molar-refractivity contribution is -0.129. The van der Waals surface area contributed by atoms with E-state index in [0.717, 1.165) is 0 Å². The minimum Gasteiger partial charge on any atom is -0.368 e. The molecule has 1 atom stereocenters. The molecule has 1 aromatic carbocycles. The van der Waals surface area contributed by atoms with Crippen LogP contribution in [-0.2, 0) is 26.2 Å². The number of aromatic nitrogens is 1. The van der Waals surface area contributed by atoms with Crippen molar-refractivity contribution in [2.75, 3.05) is 27.2 Å². The third kappa shape index (κ3) is 9.09. The number of carbonyl (C=O) groups excluding carboxylic acids is 4. The molecule has 1 unspecified atom stereocenters. The highest BCUT2D eigenvalue weighted by molar-refractivity contribution is 6.26. The van der Waals surface area contributed by atoms with Gasteiger partial charge in [-0.3, -0.25) is 19.2 Å². The van der Waals surface area contributed by atoms with Crippen LogP contribution in [0.25, 0.3) is 10.9 Å². The Morgan fingerprint density at radius 2 is 1.84 bits per heavy atom. The Kier molecular flexibility index (Phi) is 10.8. The SMILES string of the molecule is CN(C)CC(=O)NCC(=O)NC(CCC(=O)C=N)C(N)=O.Cc1cn(C)c2ccccc12. The number of fused-ring (bicyclic) bond motifs is 1. The average Bonchev–Trinajstić information content (AvgIpc) is 3.03. The predicted molar refractivity (Wildman–Crippen MR) is 123 cm³/mol. The predicted octanol–water partition coefficient (Wildman–Crippen LogP) is 0.120. The van der Waals surface area contributed by atoms with Gasteiger partial charge in [-0.2, -0.15) is 0 Å². The summed E-state index contributed by atoms with van der Waals surface area (Å²) in [6.45, 7) is 2.00. The van der Waals surface area contributed by atoms with Crippen LogP contribution in [-0.4, -0.2) is 72.4 Å². The van der Waals surface area contributed by atoms with Crippen molar-refractivity contribution in [1.82, 2.24) is 20.1 Å². The van der Waals surface area contributed by atoms with E-state index in [0.29, 0.717) is 6.21 Å². The van der Waals surface area contributed by atoms with Crippen molar-refractivity contribution in [2.24, 2.45) is 12.8 Å². The van der Waals surface area contributed by atoms with Crippen LogP contribution in [0.1, 0.15) is 18.4 Å². The van der Waals surface area contributed by atoms with Gasteiger partial charge in [-0.1, -0.05) is 18.2 Å². The van der Waals surface area contributed by atoms with Gasteiger partial charge in [0.25, 0.3) is 0 Å². The molecule has 0 spiro atoms. The number of nitrogens with two attached hydrogens (primary N) is 1. The zero-order chi connectivity index (χ0) is 24.3. The Labute approximate surface area is 187 Å². The highest BCUT2D eigenvalue weighted by atomic mass is 16.2. The van der Waals surface area contributed by atoms with E-state index < -0.39 is 23.6 Å². The molecule has 0 aliphatic heterocycles. The number of ketones is 1. The number of carbonyl (C=O) groups is 4. The first kappa shape index (κ1) is 26.5. The summed E-state index contributed by atoms with van der Waals surface area (Å²) in [7, 11) is 5.50. The van der Waals surface area contributed by atoms with Crippen LogP contribution >= 0.6 is 0 Å². The molecule has 0 radical (unpaired) electrons. The maximum absolute atomic E-state index is 11.6. The molecule has 5 N–H and O–H groups in total. The number of benzene rings is 1. The molecule has 1 aromatic heterocycles. The van der Waals surface area contributed by atoms with E-state index in [1.165, 1.54) is 16.5 Å². The number of hydrogen-bond acceptors (Lipinski definition) is 6. The summed E-state index contributed by atoms with van der Waals surface area (Å²) >= 11 is 0. The van der Waals surface area contributed by atoms with Crippen molar-refractivity contribution >= 4 is 40.6 Å². The van der Waals surface area contributed by atoms with E-state index in [2.05, 4.69) is 59.6 Å². The second-order valence-corrected chi connectivity index (χ2v) is 7.63. The third-order valence-electron chi connectivity index (χ3n) is 4.52. The quantitative estimate of drug-likeness (QED) is 0.384. The number of Topliss-reactive ketones (excluding diaryl/α,β-unsaturated/α-hetero) is 1. The van der Waals surface area contributed by atoms with Gasteiger partial charge in [0, 0.05) is 30.6 Å². The van der Waals surface area contributed by atoms with Crippen LogP contribution < -0.4 is 16.4 Å². The Bertz CT molecular complexity index is 930. The van der Waals surface area contributed by atoms with Crippen LogP contribution in [0.15, 0.2) is 30.5 Å². The second-order valence-electron chi connectivity index (χ2n) is 7.63. The summed E-state index contributed by atoms with van der Waals surface area (Å²) in [5, 5.41) is 12.8. The lowest BCUT2D eigenvalue weighted by Gasteiger charge is -2.15. The highest BCUT2D eigenvalue weighted by Crippen LogP contribution is 2.18. The zero-order valence-electron chi connectivity index (χ0n) is 19.0. The van der Waals surface area contributed by atoms with Crippen molar-refractivity contribution in [2.45, 2.75) is 25.8 Å². The topological polar surface area (TPSA) is 150 Å². The van der Waals surface area contributed by atoms with Crippen LogP contribution in [0.3, 0.4) is 0 Å². The first-order chi connectivity index (χ1) is 15.0. The lowest BCUT2D eigenvalue weighted by Crippen LogP contribution is -2.48. The van der Waals surface area contributed by atoms with Crippen LogP contribution in [0.2, 0.25) is 0 Å². The minimum atomic E-state index is -1.01. The lowest BCUT2D eigenvalue weighted by atomic mass is 10.1. The van der Waals surface area contributed by atoms with Gasteiger partial charge in [0.15, 0.2) is 5.78 Å². The number of nitrogens with zero attached hydrogens (tertiary/aromatic N) is 2. The maximum Gasteiger partial charge on any atom is 0.240 e. The fraction of sp³-hybridized carbons (Fsp3) is 0.409. The van der Waals surface area contributed by atoms with Crippen molar-refractivity contribution in [3.63, 3.8) is 0 Å². The molecule has 0 saturated heterocycles. The number of rotatable bonds is 10. The molecule has 0 bridgehead atoms. The normalized spacial score (nSPS) is 11.3. The van der Waals surface area contributed by atoms with E-state index in [4.69, 9.17) is 11.1 Å². The van der Waals surface area contributed by atoms with Gasteiger partial charge in [0.2, 0.25) is 17.7 Å². The molecular weight excluding hydrogens is 412 g/mol. The molecule has 2 rings (SSSR count). The number of aryl methyl sites for hydroxylation is 2. The van der Waals surface area contributed by atoms with Crippen LogP contribution in [0.4, 0.5) is 0 Å². The number of amides is 3. The molecule has 0 aliphatic carbocycles. The summed E-state index contributed by atoms with van der Waals surface area (Å²) in [6, 6.07) is 7.44. The maximum atomic E-state index is 11.6. The molecule has 32 heavy (non-hydrogen) atoms. The molecule has 174 valence electrons. The molecular formula is C22H32N6O4. The summed E-state index contributed by atoms with van der Waals surface area (Å²) in [5.74, 6) is -2.14. The van der Waals surface area contributed by atoms with Gasteiger partial charge >= 0.3 is 0 Å². The number of nitrogens with one attached hydrogen (secondary N) is 3. The monoisotopic (exact) mass is 444 g/mol. The van der Waals surface area contributed by atoms with Crippen LogP contribution in [0.5, 0.6) is 0 Å². The number of primary amides is 1. The summed E-state index contributed by atoms with van der Waals surface area (Å²) in [4.78, 5) is 46.7. The molecule has 1 heterocycles. The molecule has 0 fully saturated rings.